The number of ether oxygens (including phenoxy) is 2. The van der Waals surface area contributed by atoms with Crippen molar-refractivity contribution in [1.29, 1.82) is 0 Å². The van der Waals surface area contributed by atoms with Crippen LogP contribution in [0.2, 0.25) is 0 Å². The molecular weight excluding hydrogens is 212 g/mol. The van der Waals surface area contributed by atoms with E-state index < -0.39 is 0 Å². The van der Waals surface area contributed by atoms with Crippen LogP contribution in [-0.4, -0.2) is 11.9 Å². The fraction of sp³-hybridized carbons (Fsp3) is 0.467. The van der Waals surface area contributed by atoms with Crippen LogP contribution in [0.4, 0.5) is 0 Å². The topological polar surface area (TPSA) is 18.5 Å². The van der Waals surface area contributed by atoms with Crippen molar-refractivity contribution in [1.82, 2.24) is 0 Å². The third-order valence-corrected chi connectivity index (χ3v) is 2.18. The first-order valence-corrected chi connectivity index (χ1v) is 6.01. The molecule has 0 N–H and O–H groups in total. The van der Waals surface area contributed by atoms with Crippen LogP contribution in [-0.2, 0) is 4.74 Å². The van der Waals surface area contributed by atoms with Gasteiger partial charge in [0.1, 0.15) is 5.75 Å². The molecule has 1 unspecified atom stereocenters. The van der Waals surface area contributed by atoms with Crippen molar-refractivity contribution in [2.75, 3.05) is 0 Å². The van der Waals surface area contributed by atoms with Gasteiger partial charge in [0.25, 0.3) is 0 Å². The van der Waals surface area contributed by atoms with Gasteiger partial charge in [-0.15, -0.1) is 0 Å². The van der Waals surface area contributed by atoms with Gasteiger partial charge in [-0.1, -0.05) is 31.7 Å². The fourth-order valence-electron chi connectivity index (χ4n) is 1.45. The van der Waals surface area contributed by atoms with Crippen LogP contribution >= 0.6 is 0 Å². The molecule has 2 nitrogen and oxygen atoms in total. The highest BCUT2D eigenvalue weighted by molar-refractivity contribution is 5.49. The van der Waals surface area contributed by atoms with Crippen LogP contribution in [0.1, 0.15) is 39.7 Å². The van der Waals surface area contributed by atoms with Crippen molar-refractivity contribution >= 4 is 6.08 Å². The van der Waals surface area contributed by atoms with Gasteiger partial charge in [-0.2, -0.15) is 0 Å². The van der Waals surface area contributed by atoms with Gasteiger partial charge in [-0.25, -0.2) is 0 Å². The summed E-state index contributed by atoms with van der Waals surface area (Å²) < 4.78 is 11.6. The van der Waals surface area contributed by atoms with Crippen LogP contribution in [0.3, 0.4) is 0 Å². The van der Waals surface area contributed by atoms with Crippen LogP contribution < -0.4 is 4.74 Å². The van der Waals surface area contributed by atoms with Crippen LogP contribution in [0.5, 0.6) is 5.75 Å². The van der Waals surface area contributed by atoms with E-state index in [1.807, 2.05) is 52.0 Å². The summed E-state index contributed by atoms with van der Waals surface area (Å²) in [7, 11) is 0. The van der Waals surface area contributed by atoms with E-state index >= 15 is 0 Å². The third-order valence-electron chi connectivity index (χ3n) is 2.18. The molecule has 0 heterocycles. The third kappa shape index (κ3) is 5.05. The van der Waals surface area contributed by atoms with Crippen molar-refractivity contribution in [3.8, 4) is 5.75 Å². The zero-order valence-corrected chi connectivity index (χ0v) is 11.2. The Kier molecular flexibility index (Phi) is 4.76. The number of rotatable bonds is 5. The summed E-state index contributed by atoms with van der Waals surface area (Å²) in [4.78, 5) is 0. The van der Waals surface area contributed by atoms with Gasteiger partial charge in [0, 0.05) is 6.42 Å². The van der Waals surface area contributed by atoms with Crippen LogP contribution in [0, 0.1) is 0 Å². The van der Waals surface area contributed by atoms with Crippen molar-refractivity contribution in [3.63, 3.8) is 0 Å². The highest BCUT2D eigenvalue weighted by atomic mass is 16.7. The number of hydrogen-bond acceptors (Lipinski definition) is 2. The summed E-state index contributed by atoms with van der Waals surface area (Å²) >= 11 is 0. The molecule has 0 aliphatic rings. The zero-order valence-electron chi connectivity index (χ0n) is 11.2. The molecule has 0 saturated carbocycles. The SMILES string of the molecule is C=Cc1cccc(OC(CC)OC(C)(C)C)c1. The minimum Gasteiger partial charge on any atom is -0.465 e. The van der Waals surface area contributed by atoms with Gasteiger partial charge in [-0.05, 0) is 38.5 Å². The minimum atomic E-state index is -0.213. The maximum absolute atomic E-state index is 5.82. The van der Waals surface area contributed by atoms with Gasteiger partial charge in [-0.3, -0.25) is 0 Å². The Bertz CT molecular complexity index is 363. The Morgan fingerprint density at radius 3 is 2.59 bits per heavy atom. The molecule has 1 aromatic rings. The molecular formula is C15H22O2. The Morgan fingerprint density at radius 2 is 2.06 bits per heavy atom. The van der Waals surface area contributed by atoms with Gasteiger partial charge < -0.3 is 9.47 Å². The van der Waals surface area contributed by atoms with E-state index in [9.17, 15) is 0 Å². The van der Waals surface area contributed by atoms with Crippen molar-refractivity contribution < 1.29 is 9.47 Å². The maximum Gasteiger partial charge on any atom is 0.200 e. The van der Waals surface area contributed by atoms with E-state index in [1.165, 1.54) is 0 Å². The second kappa shape index (κ2) is 5.87. The first kappa shape index (κ1) is 13.8. The lowest BCUT2D eigenvalue weighted by Crippen LogP contribution is -2.30. The lowest BCUT2D eigenvalue weighted by Gasteiger charge is -2.27. The molecule has 0 aromatic heterocycles. The molecule has 0 radical (unpaired) electrons. The van der Waals surface area contributed by atoms with Crippen molar-refractivity contribution in [2.24, 2.45) is 0 Å². The summed E-state index contributed by atoms with van der Waals surface area (Å²) in [5.41, 5.74) is 0.851. The molecule has 1 rings (SSSR count). The molecule has 0 bridgehead atoms. The van der Waals surface area contributed by atoms with Gasteiger partial charge in [0.15, 0.2) is 6.29 Å². The summed E-state index contributed by atoms with van der Waals surface area (Å²) in [5.74, 6) is 0.818. The van der Waals surface area contributed by atoms with Gasteiger partial charge >= 0.3 is 0 Å². The van der Waals surface area contributed by atoms with Gasteiger partial charge in [0.2, 0.25) is 0 Å². The monoisotopic (exact) mass is 234 g/mol. The Hall–Kier alpha value is -1.28. The van der Waals surface area contributed by atoms with Crippen LogP contribution in [0.25, 0.3) is 6.08 Å². The number of hydrogen-bond donors (Lipinski definition) is 0. The molecule has 0 amide bonds. The highest BCUT2D eigenvalue weighted by Gasteiger charge is 2.18. The first-order valence-electron chi connectivity index (χ1n) is 6.01. The molecule has 0 aliphatic heterocycles. The maximum atomic E-state index is 5.82. The molecule has 0 fully saturated rings. The normalized spacial score (nSPS) is 13.2. The van der Waals surface area contributed by atoms with E-state index in [0.29, 0.717) is 0 Å². The smallest absolute Gasteiger partial charge is 0.200 e. The number of benzene rings is 1. The zero-order chi connectivity index (χ0) is 12.9. The van der Waals surface area contributed by atoms with Crippen molar-refractivity contribution in [2.45, 2.75) is 46.0 Å². The molecule has 17 heavy (non-hydrogen) atoms. The molecule has 0 aliphatic carbocycles. The second-order valence-electron chi connectivity index (χ2n) is 4.96. The van der Waals surface area contributed by atoms with Crippen LogP contribution in [0.15, 0.2) is 30.8 Å². The molecule has 0 saturated heterocycles. The highest BCUT2D eigenvalue weighted by Crippen LogP contribution is 2.20. The van der Waals surface area contributed by atoms with E-state index in [1.54, 1.807) is 6.08 Å². The molecule has 1 aromatic carbocycles. The fourth-order valence-corrected chi connectivity index (χ4v) is 1.45. The Balaban J connectivity index is 2.70. The Morgan fingerprint density at radius 1 is 1.35 bits per heavy atom. The lowest BCUT2D eigenvalue weighted by atomic mass is 10.2. The van der Waals surface area contributed by atoms with E-state index in [4.69, 9.17) is 9.47 Å². The van der Waals surface area contributed by atoms with E-state index in [2.05, 4.69) is 6.58 Å². The van der Waals surface area contributed by atoms with E-state index in [-0.39, 0.29) is 11.9 Å². The quantitative estimate of drug-likeness (QED) is 0.709. The molecule has 1 atom stereocenters. The predicted molar refractivity (Wildman–Crippen MR) is 72.1 cm³/mol. The lowest BCUT2D eigenvalue weighted by molar-refractivity contribution is -0.151. The van der Waals surface area contributed by atoms with Gasteiger partial charge in [0.05, 0.1) is 5.60 Å². The summed E-state index contributed by atoms with van der Waals surface area (Å²) in [6, 6.07) is 7.84. The average Bonchev–Trinajstić information content (AvgIpc) is 2.26. The Labute approximate surface area is 104 Å². The summed E-state index contributed by atoms with van der Waals surface area (Å²) in [6.45, 7) is 11.9. The second-order valence-corrected chi connectivity index (χ2v) is 4.96. The van der Waals surface area contributed by atoms with E-state index in [0.717, 1.165) is 17.7 Å². The summed E-state index contributed by atoms with van der Waals surface area (Å²) in [6.07, 6.45) is 2.41. The minimum absolute atomic E-state index is 0.198. The predicted octanol–water partition coefficient (Wildman–Crippen LogP) is 4.26. The standard InChI is InChI=1S/C15H22O2/c1-6-12-9-8-10-13(11-12)16-14(7-2)17-15(3,4)5/h6,8-11,14H,1,7H2,2-5H3. The van der Waals surface area contributed by atoms with Crippen molar-refractivity contribution in [3.05, 3.63) is 36.4 Å². The average molecular weight is 234 g/mol. The largest absolute Gasteiger partial charge is 0.465 e. The molecule has 2 heteroatoms. The first-order chi connectivity index (χ1) is 7.94. The summed E-state index contributed by atoms with van der Waals surface area (Å²) in [5, 5.41) is 0. The molecule has 94 valence electrons. The molecule has 0 spiro atoms.